The minimum Gasteiger partial charge on any atom is -0.265 e. The van der Waals surface area contributed by atoms with Crippen LogP contribution in [-0.4, -0.2) is 15.0 Å². The Balaban J connectivity index is 0.000000181. The van der Waals surface area contributed by atoms with Crippen molar-refractivity contribution in [1.29, 1.82) is 0 Å². The van der Waals surface area contributed by atoms with E-state index in [1.165, 1.54) is 0 Å². The number of hydrogen-bond donors (Lipinski definition) is 0. The molecule has 0 saturated carbocycles. The van der Waals surface area contributed by atoms with Crippen molar-refractivity contribution in [3.63, 3.8) is 0 Å². The fraction of sp³-hybridized carbons (Fsp3) is 0.182. The first kappa shape index (κ1) is 13.1. The van der Waals surface area contributed by atoms with Crippen LogP contribution in [0.1, 0.15) is 11.3 Å². The van der Waals surface area contributed by atoms with Gasteiger partial charge in [-0.15, -0.1) is 0 Å². The summed E-state index contributed by atoms with van der Waals surface area (Å²) in [6, 6.07) is 1.86. The molecular weight excluding hydrogens is 231 g/mol. The molecular formula is C11H10F3N3. The number of alkyl halides is 3. The summed E-state index contributed by atoms with van der Waals surface area (Å²) >= 11 is 0. The Labute approximate surface area is 96.4 Å². The second kappa shape index (κ2) is 5.93. The molecule has 2 heterocycles. The molecule has 0 atom stereocenters. The maximum absolute atomic E-state index is 11.8. The molecule has 17 heavy (non-hydrogen) atoms. The average molecular weight is 241 g/mol. The van der Waals surface area contributed by atoms with Gasteiger partial charge in [-0.05, 0) is 19.1 Å². The third-order valence-electron chi connectivity index (χ3n) is 1.70. The molecule has 0 bridgehead atoms. The van der Waals surface area contributed by atoms with E-state index >= 15 is 0 Å². The zero-order chi connectivity index (χ0) is 12.7. The number of halogens is 3. The molecule has 0 amide bonds. The third-order valence-corrected chi connectivity index (χ3v) is 1.70. The molecule has 3 nitrogen and oxygen atoms in total. The number of pyridine rings is 1. The second-order valence-electron chi connectivity index (χ2n) is 3.08. The van der Waals surface area contributed by atoms with Gasteiger partial charge in [0.25, 0.3) is 0 Å². The lowest BCUT2D eigenvalue weighted by Gasteiger charge is -2.03. The van der Waals surface area contributed by atoms with Gasteiger partial charge in [0.2, 0.25) is 0 Å². The summed E-state index contributed by atoms with van der Waals surface area (Å²) in [6.45, 7) is 1.91. The molecule has 0 aromatic carbocycles. The van der Waals surface area contributed by atoms with Gasteiger partial charge in [-0.1, -0.05) is 0 Å². The second-order valence-corrected chi connectivity index (χ2v) is 3.08. The number of rotatable bonds is 0. The van der Waals surface area contributed by atoms with Crippen LogP contribution in [0.2, 0.25) is 0 Å². The number of hydrogen-bond acceptors (Lipinski definition) is 3. The molecule has 2 rings (SSSR count). The van der Waals surface area contributed by atoms with E-state index in [1.54, 1.807) is 18.6 Å². The molecule has 2 aromatic heterocycles. The first-order valence-corrected chi connectivity index (χ1v) is 4.70. The first-order chi connectivity index (χ1) is 8.00. The van der Waals surface area contributed by atoms with E-state index in [0.717, 1.165) is 30.2 Å². The molecule has 0 unspecified atom stereocenters. The molecule has 0 aliphatic carbocycles. The van der Waals surface area contributed by atoms with Crippen molar-refractivity contribution in [3.05, 3.63) is 54.4 Å². The quantitative estimate of drug-likeness (QED) is 0.711. The maximum atomic E-state index is 11.8. The lowest BCUT2D eigenvalue weighted by Crippen LogP contribution is -2.03. The van der Waals surface area contributed by atoms with Crippen LogP contribution in [0.5, 0.6) is 0 Å². The summed E-state index contributed by atoms with van der Waals surface area (Å²) in [7, 11) is 0. The number of aromatic nitrogens is 3. The van der Waals surface area contributed by atoms with Crippen molar-refractivity contribution in [2.75, 3.05) is 0 Å². The Morgan fingerprint density at radius 3 is 1.88 bits per heavy atom. The Morgan fingerprint density at radius 2 is 1.59 bits per heavy atom. The molecule has 0 radical (unpaired) electrons. The summed E-state index contributed by atoms with van der Waals surface area (Å²) in [6.07, 6.45) is 3.04. The zero-order valence-corrected chi connectivity index (χ0v) is 9.02. The fourth-order valence-corrected chi connectivity index (χ4v) is 0.915. The van der Waals surface area contributed by atoms with E-state index in [0.29, 0.717) is 0 Å². The van der Waals surface area contributed by atoms with Crippen LogP contribution in [0.4, 0.5) is 13.2 Å². The minimum absolute atomic E-state index is 0.664. The Morgan fingerprint density at radius 1 is 0.941 bits per heavy atom. The maximum Gasteiger partial charge on any atom is 0.416 e. The van der Waals surface area contributed by atoms with Crippen LogP contribution >= 0.6 is 0 Å². The molecule has 2 aromatic rings. The number of aryl methyl sites for hydroxylation is 1. The summed E-state index contributed by atoms with van der Waals surface area (Å²) in [5.41, 5.74) is 0.296. The van der Waals surface area contributed by atoms with Crippen LogP contribution in [0.15, 0.2) is 43.1 Å². The highest BCUT2D eigenvalue weighted by Crippen LogP contribution is 2.27. The zero-order valence-electron chi connectivity index (χ0n) is 9.02. The fourth-order valence-electron chi connectivity index (χ4n) is 0.915. The van der Waals surface area contributed by atoms with Crippen molar-refractivity contribution < 1.29 is 13.2 Å². The average Bonchev–Trinajstić information content (AvgIpc) is 2.31. The van der Waals surface area contributed by atoms with Gasteiger partial charge < -0.3 is 0 Å². The molecule has 6 heteroatoms. The van der Waals surface area contributed by atoms with Crippen LogP contribution in [0.3, 0.4) is 0 Å². The Bertz CT molecular complexity index is 429. The van der Waals surface area contributed by atoms with Gasteiger partial charge in [0.05, 0.1) is 11.3 Å². The first-order valence-electron chi connectivity index (χ1n) is 4.70. The molecule has 90 valence electrons. The minimum atomic E-state index is -4.25. The normalized spacial score (nSPS) is 10.4. The Hall–Kier alpha value is -1.98. The Kier molecular flexibility index (Phi) is 4.56. The van der Waals surface area contributed by atoms with Gasteiger partial charge in [-0.2, -0.15) is 13.2 Å². The van der Waals surface area contributed by atoms with E-state index in [9.17, 15) is 13.2 Å². The standard InChI is InChI=1S/C6H4F3N.C5H6N2/c7-6(8,9)5-1-3-10-4-2-5;1-5-4-6-2-3-7-5/h1-4H;2-4H,1H3. The summed E-state index contributed by atoms with van der Waals surface area (Å²) in [5, 5.41) is 0. The van der Waals surface area contributed by atoms with Crippen LogP contribution in [0, 0.1) is 6.92 Å². The summed E-state index contributed by atoms with van der Waals surface area (Å²) in [4.78, 5) is 11.2. The van der Waals surface area contributed by atoms with Gasteiger partial charge in [0.1, 0.15) is 0 Å². The number of nitrogens with zero attached hydrogens (tertiary/aromatic N) is 3. The van der Waals surface area contributed by atoms with E-state index in [4.69, 9.17) is 0 Å². The monoisotopic (exact) mass is 241 g/mol. The van der Waals surface area contributed by atoms with Crippen molar-refractivity contribution in [2.45, 2.75) is 13.1 Å². The van der Waals surface area contributed by atoms with Gasteiger partial charge in [-0.25, -0.2) is 0 Å². The molecule has 0 aliphatic rings. The molecule has 0 fully saturated rings. The van der Waals surface area contributed by atoms with Crippen molar-refractivity contribution >= 4 is 0 Å². The predicted octanol–water partition coefficient (Wildman–Crippen LogP) is 2.89. The largest absolute Gasteiger partial charge is 0.416 e. The predicted molar refractivity (Wildman–Crippen MR) is 56.0 cm³/mol. The van der Waals surface area contributed by atoms with Gasteiger partial charge in [0.15, 0.2) is 0 Å². The van der Waals surface area contributed by atoms with Crippen LogP contribution in [-0.2, 0) is 6.18 Å². The molecule has 0 aliphatic heterocycles. The summed E-state index contributed by atoms with van der Waals surface area (Å²) < 4.78 is 35.3. The van der Waals surface area contributed by atoms with E-state index in [1.807, 2.05) is 6.92 Å². The third kappa shape index (κ3) is 5.05. The highest BCUT2D eigenvalue weighted by molar-refractivity contribution is 5.12. The molecule has 0 spiro atoms. The van der Waals surface area contributed by atoms with E-state index < -0.39 is 11.7 Å². The van der Waals surface area contributed by atoms with Crippen molar-refractivity contribution in [3.8, 4) is 0 Å². The van der Waals surface area contributed by atoms with E-state index in [-0.39, 0.29) is 0 Å². The summed E-state index contributed by atoms with van der Waals surface area (Å²) in [5.74, 6) is 0. The SMILES string of the molecule is Cc1cnccn1.FC(F)(F)c1ccncc1. The van der Waals surface area contributed by atoms with Gasteiger partial charge >= 0.3 is 6.18 Å². The van der Waals surface area contributed by atoms with Gasteiger partial charge in [0, 0.05) is 31.0 Å². The smallest absolute Gasteiger partial charge is 0.265 e. The molecule has 0 N–H and O–H groups in total. The van der Waals surface area contributed by atoms with Gasteiger partial charge in [-0.3, -0.25) is 15.0 Å². The van der Waals surface area contributed by atoms with E-state index in [2.05, 4.69) is 15.0 Å². The van der Waals surface area contributed by atoms with Crippen LogP contribution in [0.25, 0.3) is 0 Å². The van der Waals surface area contributed by atoms with Crippen LogP contribution < -0.4 is 0 Å². The lowest BCUT2D eigenvalue weighted by molar-refractivity contribution is -0.137. The lowest BCUT2D eigenvalue weighted by atomic mass is 10.3. The highest BCUT2D eigenvalue weighted by atomic mass is 19.4. The van der Waals surface area contributed by atoms with Crippen molar-refractivity contribution in [2.24, 2.45) is 0 Å². The highest BCUT2D eigenvalue weighted by Gasteiger charge is 2.29. The molecule has 0 saturated heterocycles. The topological polar surface area (TPSA) is 38.7 Å². The van der Waals surface area contributed by atoms with Crippen molar-refractivity contribution in [1.82, 2.24) is 15.0 Å².